The van der Waals surface area contributed by atoms with E-state index in [0.717, 1.165) is 6.08 Å². The first-order valence-electron chi connectivity index (χ1n) is 5.45. The first kappa shape index (κ1) is 17.6. The molecule has 0 radical (unpaired) electrons. The van der Waals surface area contributed by atoms with Gasteiger partial charge in [0.15, 0.2) is 5.60 Å². The van der Waals surface area contributed by atoms with Crippen molar-refractivity contribution in [3.8, 4) is 0 Å². The van der Waals surface area contributed by atoms with E-state index in [1.165, 1.54) is 23.5 Å². The molecule has 0 saturated heterocycles. The largest absolute Gasteiger partial charge is 0.465 e. The van der Waals surface area contributed by atoms with Crippen molar-refractivity contribution in [2.24, 2.45) is 0 Å². The first-order chi connectivity index (χ1) is 9.55. The number of hydrogen-bond acceptors (Lipinski definition) is 2. The van der Waals surface area contributed by atoms with E-state index in [2.05, 4.69) is 0 Å². The maximum atomic E-state index is 12.8. The summed E-state index contributed by atoms with van der Waals surface area (Å²) in [6.07, 6.45) is -5.32. The average Bonchev–Trinajstić information content (AvgIpc) is 2.36. The number of hydrogen-bond donors (Lipinski definition) is 3. The Bertz CT molecular complexity index is 563. The van der Waals surface area contributed by atoms with Crippen LogP contribution in [0.15, 0.2) is 24.3 Å². The van der Waals surface area contributed by atoms with Crippen molar-refractivity contribution in [3.63, 3.8) is 0 Å². The summed E-state index contributed by atoms with van der Waals surface area (Å²) in [5.41, 5.74) is -3.07. The second kappa shape index (κ2) is 6.55. The van der Waals surface area contributed by atoms with Crippen LogP contribution >= 0.6 is 23.2 Å². The molecule has 1 amide bonds. The predicted molar refractivity (Wildman–Crippen MR) is 72.5 cm³/mol. The van der Waals surface area contributed by atoms with E-state index in [0.29, 0.717) is 6.08 Å². The Balaban J connectivity index is 3.02. The summed E-state index contributed by atoms with van der Waals surface area (Å²) < 4.78 is 38.5. The van der Waals surface area contributed by atoms with Gasteiger partial charge in [0.05, 0.1) is 16.6 Å². The van der Waals surface area contributed by atoms with E-state index in [-0.39, 0.29) is 15.6 Å². The normalized spacial score (nSPS) is 15.0. The van der Waals surface area contributed by atoms with Crippen LogP contribution < -0.4 is 5.32 Å². The van der Waals surface area contributed by atoms with Crippen molar-refractivity contribution < 1.29 is 28.2 Å². The highest BCUT2D eigenvalue weighted by molar-refractivity contribution is 6.42. The monoisotopic (exact) mass is 343 g/mol. The topological polar surface area (TPSA) is 69.6 Å². The minimum Gasteiger partial charge on any atom is -0.465 e. The molecule has 1 unspecified atom stereocenters. The lowest BCUT2D eigenvalue weighted by Gasteiger charge is -2.27. The van der Waals surface area contributed by atoms with E-state index in [1.807, 2.05) is 0 Å². The molecule has 0 spiro atoms. The molecule has 0 saturated carbocycles. The van der Waals surface area contributed by atoms with Crippen LogP contribution in [0, 0.1) is 0 Å². The predicted octanol–water partition coefficient (Wildman–Crippen LogP) is 3.57. The van der Waals surface area contributed by atoms with E-state index in [1.54, 1.807) is 0 Å². The van der Waals surface area contributed by atoms with Crippen LogP contribution in [-0.2, 0) is 0 Å². The van der Waals surface area contributed by atoms with Gasteiger partial charge in [-0.1, -0.05) is 35.3 Å². The molecule has 116 valence electrons. The molecule has 21 heavy (non-hydrogen) atoms. The summed E-state index contributed by atoms with van der Waals surface area (Å²) >= 11 is 11.4. The minimum absolute atomic E-state index is 0.137. The number of carbonyl (C=O) groups is 1. The lowest BCUT2D eigenvalue weighted by atomic mass is 10.0. The van der Waals surface area contributed by atoms with Gasteiger partial charge in [-0.25, -0.2) is 4.79 Å². The summed E-state index contributed by atoms with van der Waals surface area (Å²) in [5, 5.41) is 19.8. The van der Waals surface area contributed by atoms with Gasteiger partial charge in [-0.2, -0.15) is 13.2 Å². The minimum atomic E-state index is -5.05. The maximum absolute atomic E-state index is 12.8. The van der Waals surface area contributed by atoms with Crippen LogP contribution in [0.3, 0.4) is 0 Å². The second-order valence-corrected chi connectivity index (χ2v) is 4.90. The molecule has 3 N–H and O–H groups in total. The number of aliphatic hydroxyl groups is 1. The van der Waals surface area contributed by atoms with Gasteiger partial charge in [0.25, 0.3) is 0 Å². The number of benzene rings is 1. The maximum Gasteiger partial charge on any atom is 0.422 e. The molecule has 1 aromatic rings. The second-order valence-electron chi connectivity index (χ2n) is 4.09. The number of halogens is 5. The summed E-state index contributed by atoms with van der Waals surface area (Å²) in [4.78, 5) is 10.3. The Morgan fingerprint density at radius 3 is 2.38 bits per heavy atom. The molecule has 0 aliphatic carbocycles. The van der Waals surface area contributed by atoms with Gasteiger partial charge in [-0.3, -0.25) is 0 Å². The molecule has 0 fully saturated rings. The van der Waals surface area contributed by atoms with Gasteiger partial charge >= 0.3 is 12.3 Å². The molecule has 1 rings (SSSR count). The number of amides is 1. The van der Waals surface area contributed by atoms with Crippen LogP contribution in [0.1, 0.15) is 5.56 Å². The summed E-state index contributed by atoms with van der Waals surface area (Å²) in [6.45, 7) is -1.23. The smallest absolute Gasteiger partial charge is 0.422 e. The summed E-state index contributed by atoms with van der Waals surface area (Å²) in [5.74, 6) is 0. The number of rotatable bonds is 4. The summed E-state index contributed by atoms with van der Waals surface area (Å²) in [7, 11) is 0. The number of carboxylic acid groups (broad SMARTS) is 1. The fourth-order valence-electron chi connectivity index (χ4n) is 1.31. The fourth-order valence-corrected chi connectivity index (χ4v) is 1.62. The molecule has 0 aliphatic rings. The van der Waals surface area contributed by atoms with Gasteiger partial charge in [-0.05, 0) is 23.8 Å². The van der Waals surface area contributed by atoms with Crippen LogP contribution in [0.5, 0.6) is 0 Å². The Labute approximate surface area is 127 Å². The molecule has 9 heteroatoms. The van der Waals surface area contributed by atoms with Crippen molar-refractivity contribution in [3.05, 3.63) is 39.9 Å². The van der Waals surface area contributed by atoms with E-state index >= 15 is 0 Å². The van der Waals surface area contributed by atoms with Gasteiger partial charge in [-0.15, -0.1) is 0 Å². The number of alkyl halides is 3. The Morgan fingerprint density at radius 1 is 1.29 bits per heavy atom. The first-order valence-corrected chi connectivity index (χ1v) is 6.21. The van der Waals surface area contributed by atoms with Crippen molar-refractivity contribution >= 4 is 35.4 Å². The van der Waals surface area contributed by atoms with Gasteiger partial charge in [0.2, 0.25) is 0 Å². The molecule has 0 aromatic heterocycles. The van der Waals surface area contributed by atoms with E-state index in [4.69, 9.17) is 28.3 Å². The van der Waals surface area contributed by atoms with Crippen LogP contribution in [0.25, 0.3) is 6.08 Å². The average molecular weight is 344 g/mol. The highest BCUT2D eigenvalue weighted by Gasteiger charge is 2.52. The van der Waals surface area contributed by atoms with Gasteiger partial charge < -0.3 is 15.5 Å². The SMILES string of the molecule is O=C(O)NCC(O)(C=Cc1ccc(Cl)c(Cl)c1)C(F)(F)F. The third-order valence-corrected chi connectivity index (χ3v) is 3.23. The van der Waals surface area contributed by atoms with E-state index in [9.17, 15) is 23.1 Å². The molecular formula is C12H10Cl2F3NO3. The highest BCUT2D eigenvalue weighted by atomic mass is 35.5. The lowest BCUT2D eigenvalue weighted by Crippen LogP contribution is -2.51. The molecular weight excluding hydrogens is 334 g/mol. The molecule has 1 atom stereocenters. The molecule has 1 aromatic carbocycles. The number of nitrogens with one attached hydrogen (secondary N) is 1. The summed E-state index contributed by atoms with van der Waals surface area (Å²) in [6, 6.07) is 4.08. The van der Waals surface area contributed by atoms with Gasteiger partial charge in [0.1, 0.15) is 0 Å². The fraction of sp³-hybridized carbons (Fsp3) is 0.250. The third kappa shape index (κ3) is 4.80. The third-order valence-electron chi connectivity index (χ3n) is 2.50. The van der Waals surface area contributed by atoms with Crippen molar-refractivity contribution in [1.29, 1.82) is 0 Å². The quantitative estimate of drug-likeness (QED) is 0.782. The Kier molecular flexibility index (Phi) is 5.49. The van der Waals surface area contributed by atoms with Crippen LogP contribution in [0.2, 0.25) is 10.0 Å². The van der Waals surface area contributed by atoms with Crippen LogP contribution in [-0.4, -0.2) is 34.6 Å². The zero-order valence-corrected chi connectivity index (χ0v) is 11.8. The standard InChI is InChI=1S/C12H10Cl2F3NO3/c13-8-2-1-7(5-9(8)14)3-4-11(21,12(15,16)17)6-18-10(19)20/h1-5,18,21H,6H2,(H,19,20). The zero-order chi connectivity index (χ0) is 16.3. The van der Waals surface area contributed by atoms with Crippen LogP contribution in [0.4, 0.5) is 18.0 Å². The molecule has 4 nitrogen and oxygen atoms in total. The van der Waals surface area contributed by atoms with Crippen molar-refractivity contribution in [2.45, 2.75) is 11.8 Å². The van der Waals surface area contributed by atoms with E-state index < -0.39 is 24.4 Å². The van der Waals surface area contributed by atoms with Crippen molar-refractivity contribution in [2.75, 3.05) is 6.54 Å². The molecule has 0 aliphatic heterocycles. The molecule has 0 bridgehead atoms. The van der Waals surface area contributed by atoms with Crippen molar-refractivity contribution in [1.82, 2.24) is 5.32 Å². The lowest BCUT2D eigenvalue weighted by molar-refractivity contribution is -0.236. The Hall–Kier alpha value is -1.44. The highest BCUT2D eigenvalue weighted by Crippen LogP contribution is 2.32. The Morgan fingerprint density at radius 2 is 1.90 bits per heavy atom. The van der Waals surface area contributed by atoms with Gasteiger partial charge in [0, 0.05) is 0 Å². The molecule has 0 heterocycles. The zero-order valence-electron chi connectivity index (χ0n) is 10.3.